The average Bonchev–Trinajstić information content (AvgIpc) is 2.47. The minimum absolute atomic E-state index is 0.661. The molecule has 1 N–H and O–H groups in total. The second-order valence-electron chi connectivity index (χ2n) is 3.81. The van der Waals surface area contributed by atoms with Crippen LogP contribution >= 0.6 is 0 Å². The predicted molar refractivity (Wildman–Crippen MR) is 56.3 cm³/mol. The van der Waals surface area contributed by atoms with Crippen molar-refractivity contribution in [1.29, 1.82) is 0 Å². The van der Waals surface area contributed by atoms with E-state index in [9.17, 15) is 0 Å². The molecule has 4 nitrogen and oxygen atoms in total. The fraction of sp³-hybridized carbons (Fsp3) is 0.700. The Morgan fingerprint density at radius 2 is 2.29 bits per heavy atom. The van der Waals surface area contributed by atoms with Gasteiger partial charge in [0.2, 0.25) is 0 Å². The molecule has 0 unspecified atom stereocenters. The van der Waals surface area contributed by atoms with E-state index in [4.69, 9.17) is 4.74 Å². The minimum atomic E-state index is 0.661. The van der Waals surface area contributed by atoms with Gasteiger partial charge in [0.15, 0.2) is 5.75 Å². The van der Waals surface area contributed by atoms with E-state index in [1.54, 1.807) is 13.3 Å². The fourth-order valence-corrected chi connectivity index (χ4v) is 1.29. The SMILES string of the molecule is COc1cnn(C)c1CNCC(C)C. The maximum Gasteiger partial charge on any atom is 0.161 e. The molecule has 0 radical (unpaired) electrons. The van der Waals surface area contributed by atoms with Gasteiger partial charge in [-0.15, -0.1) is 0 Å². The van der Waals surface area contributed by atoms with Crippen molar-refractivity contribution in [3.8, 4) is 5.75 Å². The van der Waals surface area contributed by atoms with Gasteiger partial charge in [-0.1, -0.05) is 13.8 Å². The van der Waals surface area contributed by atoms with Gasteiger partial charge in [-0.05, 0) is 12.5 Å². The van der Waals surface area contributed by atoms with Gasteiger partial charge in [-0.3, -0.25) is 4.68 Å². The van der Waals surface area contributed by atoms with Crippen LogP contribution in [0.4, 0.5) is 0 Å². The Labute approximate surface area is 85.3 Å². The van der Waals surface area contributed by atoms with E-state index in [1.807, 2.05) is 11.7 Å². The number of hydrogen-bond acceptors (Lipinski definition) is 3. The maximum absolute atomic E-state index is 5.20. The van der Waals surface area contributed by atoms with Crippen LogP contribution in [0.25, 0.3) is 0 Å². The first-order chi connectivity index (χ1) is 6.65. The summed E-state index contributed by atoms with van der Waals surface area (Å²) in [7, 11) is 3.60. The number of rotatable bonds is 5. The molecular formula is C10H19N3O. The summed E-state index contributed by atoms with van der Waals surface area (Å²) in [6, 6.07) is 0. The Morgan fingerprint density at radius 1 is 1.57 bits per heavy atom. The van der Waals surface area contributed by atoms with Crippen LogP contribution in [-0.2, 0) is 13.6 Å². The van der Waals surface area contributed by atoms with Crippen LogP contribution < -0.4 is 10.1 Å². The first-order valence-corrected chi connectivity index (χ1v) is 4.90. The normalized spacial score (nSPS) is 10.9. The molecule has 0 aromatic carbocycles. The van der Waals surface area contributed by atoms with Gasteiger partial charge in [-0.2, -0.15) is 5.10 Å². The van der Waals surface area contributed by atoms with Gasteiger partial charge in [0.1, 0.15) is 0 Å². The Hall–Kier alpha value is -1.03. The summed E-state index contributed by atoms with van der Waals surface area (Å²) in [6.45, 7) is 6.19. The molecule has 0 fully saturated rings. The van der Waals surface area contributed by atoms with E-state index < -0.39 is 0 Å². The zero-order valence-corrected chi connectivity index (χ0v) is 9.37. The molecule has 0 spiro atoms. The average molecular weight is 197 g/mol. The lowest BCUT2D eigenvalue weighted by Gasteiger charge is -2.08. The van der Waals surface area contributed by atoms with E-state index in [1.165, 1.54) is 0 Å². The van der Waals surface area contributed by atoms with Crippen molar-refractivity contribution in [2.45, 2.75) is 20.4 Å². The van der Waals surface area contributed by atoms with Gasteiger partial charge in [0, 0.05) is 13.6 Å². The summed E-state index contributed by atoms with van der Waals surface area (Å²) in [6.07, 6.45) is 1.74. The van der Waals surface area contributed by atoms with Crippen molar-refractivity contribution in [3.63, 3.8) is 0 Å². The van der Waals surface area contributed by atoms with E-state index >= 15 is 0 Å². The zero-order chi connectivity index (χ0) is 10.6. The lowest BCUT2D eigenvalue weighted by atomic mass is 10.2. The third kappa shape index (κ3) is 2.73. The van der Waals surface area contributed by atoms with Gasteiger partial charge < -0.3 is 10.1 Å². The van der Waals surface area contributed by atoms with Crippen molar-refractivity contribution in [1.82, 2.24) is 15.1 Å². The maximum atomic E-state index is 5.20. The Kier molecular flexibility index (Phi) is 3.95. The number of methoxy groups -OCH3 is 1. The summed E-state index contributed by atoms with van der Waals surface area (Å²) >= 11 is 0. The van der Waals surface area contributed by atoms with Crippen molar-refractivity contribution < 1.29 is 4.74 Å². The molecule has 1 heterocycles. The third-order valence-electron chi connectivity index (χ3n) is 2.09. The summed E-state index contributed by atoms with van der Waals surface area (Å²) in [5, 5.41) is 7.50. The van der Waals surface area contributed by atoms with Crippen LogP contribution in [-0.4, -0.2) is 23.4 Å². The molecule has 0 amide bonds. The molecule has 80 valence electrons. The number of ether oxygens (including phenoxy) is 1. The highest BCUT2D eigenvalue weighted by Gasteiger charge is 2.07. The van der Waals surface area contributed by atoms with E-state index in [0.29, 0.717) is 5.92 Å². The summed E-state index contributed by atoms with van der Waals surface area (Å²) in [4.78, 5) is 0. The van der Waals surface area contributed by atoms with Gasteiger partial charge in [0.25, 0.3) is 0 Å². The van der Waals surface area contributed by atoms with E-state index in [-0.39, 0.29) is 0 Å². The number of hydrogen-bond donors (Lipinski definition) is 1. The molecule has 1 rings (SSSR count). The number of nitrogens with zero attached hydrogens (tertiary/aromatic N) is 2. The number of nitrogens with one attached hydrogen (secondary N) is 1. The van der Waals surface area contributed by atoms with Crippen molar-refractivity contribution in [2.75, 3.05) is 13.7 Å². The molecule has 1 aromatic heterocycles. The fourth-order valence-electron chi connectivity index (χ4n) is 1.29. The Balaban J connectivity index is 2.52. The van der Waals surface area contributed by atoms with Crippen molar-refractivity contribution in [3.05, 3.63) is 11.9 Å². The molecule has 0 aliphatic rings. The van der Waals surface area contributed by atoms with Crippen LogP contribution in [0.15, 0.2) is 6.20 Å². The van der Waals surface area contributed by atoms with Gasteiger partial charge >= 0.3 is 0 Å². The monoisotopic (exact) mass is 197 g/mol. The lowest BCUT2D eigenvalue weighted by Crippen LogP contribution is -2.20. The Bertz CT molecular complexity index is 281. The van der Waals surface area contributed by atoms with Crippen molar-refractivity contribution >= 4 is 0 Å². The van der Waals surface area contributed by atoms with Crippen LogP contribution in [0.5, 0.6) is 5.75 Å². The highest BCUT2D eigenvalue weighted by atomic mass is 16.5. The molecular weight excluding hydrogens is 178 g/mol. The topological polar surface area (TPSA) is 39.1 Å². The molecule has 0 aliphatic carbocycles. The van der Waals surface area contributed by atoms with E-state index in [2.05, 4.69) is 24.3 Å². The molecule has 0 bridgehead atoms. The molecule has 4 heteroatoms. The second kappa shape index (κ2) is 5.00. The standard InChI is InChI=1S/C10H19N3O/c1-8(2)5-11-6-9-10(14-4)7-12-13(9)3/h7-8,11H,5-6H2,1-4H3. The largest absolute Gasteiger partial charge is 0.493 e. The van der Waals surface area contributed by atoms with E-state index in [0.717, 1.165) is 24.5 Å². The first kappa shape index (κ1) is 11.0. The second-order valence-corrected chi connectivity index (χ2v) is 3.81. The van der Waals surface area contributed by atoms with Gasteiger partial charge in [-0.25, -0.2) is 0 Å². The molecule has 0 aliphatic heterocycles. The lowest BCUT2D eigenvalue weighted by molar-refractivity contribution is 0.404. The summed E-state index contributed by atoms with van der Waals surface area (Å²) < 4.78 is 7.04. The van der Waals surface area contributed by atoms with Crippen LogP contribution in [0, 0.1) is 5.92 Å². The van der Waals surface area contributed by atoms with Crippen molar-refractivity contribution in [2.24, 2.45) is 13.0 Å². The van der Waals surface area contributed by atoms with Gasteiger partial charge in [0.05, 0.1) is 19.0 Å². The minimum Gasteiger partial charge on any atom is -0.493 e. The zero-order valence-electron chi connectivity index (χ0n) is 9.37. The van der Waals surface area contributed by atoms with Crippen LogP contribution in [0.1, 0.15) is 19.5 Å². The molecule has 14 heavy (non-hydrogen) atoms. The van der Waals surface area contributed by atoms with Crippen LogP contribution in [0.2, 0.25) is 0 Å². The predicted octanol–water partition coefficient (Wildman–Crippen LogP) is 1.17. The highest BCUT2D eigenvalue weighted by molar-refractivity contribution is 5.24. The highest BCUT2D eigenvalue weighted by Crippen LogP contribution is 2.15. The third-order valence-corrected chi connectivity index (χ3v) is 2.09. The molecule has 1 aromatic rings. The summed E-state index contributed by atoms with van der Waals surface area (Å²) in [5.41, 5.74) is 1.09. The Morgan fingerprint density at radius 3 is 2.86 bits per heavy atom. The first-order valence-electron chi connectivity index (χ1n) is 4.90. The summed E-state index contributed by atoms with van der Waals surface area (Å²) in [5.74, 6) is 1.51. The molecule has 0 atom stereocenters. The molecule has 0 saturated carbocycles. The quantitative estimate of drug-likeness (QED) is 0.770. The smallest absolute Gasteiger partial charge is 0.161 e. The van der Waals surface area contributed by atoms with Crippen LogP contribution in [0.3, 0.4) is 0 Å². The number of aromatic nitrogens is 2. The number of aryl methyl sites for hydroxylation is 1. The molecule has 0 saturated heterocycles.